The monoisotopic (exact) mass is 364 g/mol. The lowest BCUT2D eigenvalue weighted by atomic mass is 10.2. The van der Waals surface area contributed by atoms with Crippen LogP contribution in [0.15, 0.2) is 41.3 Å². The van der Waals surface area contributed by atoms with Gasteiger partial charge in [-0.05, 0) is 42.0 Å². The Bertz CT molecular complexity index is 779. The lowest BCUT2D eigenvalue weighted by Gasteiger charge is -2.11. The van der Waals surface area contributed by atoms with E-state index in [9.17, 15) is 8.42 Å². The van der Waals surface area contributed by atoms with Crippen molar-refractivity contribution in [1.82, 2.24) is 0 Å². The SMILES string of the molecule is NCc1cc(S(=O)(=O)Nc2ccc(Cl)cc2Cl)ccc1Cl. The predicted octanol–water partition coefficient (Wildman–Crippen LogP) is 3.91. The van der Waals surface area contributed by atoms with Crippen LogP contribution in [0.4, 0.5) is 5.69 Å². The molecule has 0 fully saturated rings. The van der Waals surface area contributed by atoms with Crippen LogP contribution < -0.4 is 10.5 Å². The molecule has 0 aliphatic rings. The lowest BCUT2D eigenvalue weighted by molar-refractivity contribution is 0.601. The molecule has 0 bridgehead atoms. The molecule has 21 heavy (non-hydrogen) atoms. The van der Waals surface area contributed by atoms with E-state index >= 15 is 0 Å². The van der Waals surface area contributed by atoms with E-state index in [1.807, 2.05) is 0 Å². The number of anilines is 1. The van der Waals surface area contributed by atoms with Crippen LogP contribution in [-0.2, 0) is 16.6 Å². The van der Waals surface area contributed by atoms with Crippen LogP contribution in [0.25, 0.3) is 0 Å². The predicted molar refractivity (Wildman–Crippen MR) is 86.6 cm³/mol. The molecule has 0 radical (unpaired) electrons. The zero-order valence-electron chi connectivity index (χ0n) is 10.6. The van der Waals surface area contributed by atoms with Gasteiger partial charge in [0.05, 0.1) is 15.6 Å². The summed E-state index contributed by atoms with van der Waals surface area (Å²) in [5.41, 5.74) is 6.31. The summed E-state index contributed by atoms with van der Waals surface area (Å²) in [6.45, 7) is 0.143. The van der Waals surface area contributed by atoms with Crippen LogP contribution in [0.3, 0.4) is 0 Å². The summed E-state index contributed by atoms with van der Waals surface area (Å²) in [6.07, 6.45) is 0. The molecule has 0 heterocycles. The molecule has 0 atom stereocenters. The first-order chi connectivity index (χ1) is 9.83. The van der Waals surface area contributed by atoms with Crippen molar-refractivity contribution in [3.63, 3.8) is 0 Å². The smallest absolute Gasteiger partial charge is 0.261 e. The molecule has 2 rings (SSSR count). The summed E-state index contributed by atoms with van der Waals surface area (Å²) < 4.78 is 27.1. The number of hydrogen-bond acceptors (Lipinski definition) is 3. The van der Waals surface area contributed by atoms with Crippen LogP contribution in [0.5, 0.6) is 0 Å². The molecule has 0 saturated carbocycles. The van der Waals surface area contributed by atoms with E-state index in [1.165, 1.54) is 30.3 Å². The number of nitrogens with one attached hydrogen (secondary N) is 1. The average molecular weight is 366 g/mol. The van der Waals surface area contributed by atoms with E-state index < -0.39 is 10.0 Å². The quantitative estimate of drug-likeness (QED) is 0.863. The molecule has 0 aliphatic heterocycles. The minimum absolute atomic E-state index is 0.0540. The van der Waals surface area contributed by atoms with E-state index in [2.05, 4.69) is 4.72 Å². The van der Waals surface area contributed by atoms with Crippen molar-refractivity contribution >= 4 is 50.5 Å². The number of nitrogens with two attached hydrogens (primary N) is 1. The van der Waals surface area contributed by atoms with Gasteiger partial charge in [0.2, 0.25) is 0 Å². The van der Waals surface area contributed by atoms with E-state index in [1.54, 1.807) is 6.07 Å². The highest BCUT2D eigenvalue weighted by atomic mass is 35.5. The third-order valence-electron chi connectivity index (χ3n) is 2.72. The van der Waals surface area contributed by atoms with Gasteiger partial charge in [0, 0.05) is 16.6 Å². The highest BCUT2D eigenvalue weighted by molar-refractivity contribution is 7.92. The molecule has 4 nitrogen and oxygen atoms in total. The molecular weight excluding hydrogens is 355 g/mol. The van der Waals surface area contributed by atoms with Crippen LogP contribution in [0.2, 0.25) is 15.1 Å². The van der Waals surface area contributed by atoms with Crippen molar-refractivity contribution in [2.75, 3.05) is 4.72 Å². The number of hydrogen-bond donors (Lipinski definition) is 2. The molecule has 112 valence electrons. The van der Waals surface area contributed by atoms with Crippen LogP contribution in [0, 0.1) is 0 Å². The Kier molecular flexibility index (Phi) is 5.01. The highest BCUT2D eigenvalue weighted by Crippen LogP contribution is 2.28. The molecular formula is C13H11Cl3N2O2S. The number of halogens is 3. The van der Waals surface area contributed by atoms with Crippen molar-refractivity contribution in [2.45, 2.75) is 11.4 Å². The van der Waals surface area contributed by atoms with Gasteiger partial charge in [-0.2, -0.15) is 0 Å². The van der Waals surface area contributed by atoms with Gasteiger partial charge in [0.15, 0.2) is 0 Å². The van der Waals surface area contributed by atoms with Gasteiger partial charge < -0.3 is 5.73 Å². The fraction of sp³-hybridized carbons (Fsp3) is 0.0769. The molecule has 0 aromatic heterocycles. The van der Waals surface area contributed by atoms with E-state index in [4.69, 9.17) is 40.5 Å². The zero-order chi connectivity index (χ0) is 15.6. The Morgan fingerprint density at radius 2 is 1.71 bits per heavy atom. The first-order valence-corrected chi connectivity index (χ1v) is 8.41. The van der Waals surface area contributed by atoms with Crippen molar-refractivity contribution < 1.29 is 8.42 Å². The maximum absolute atomic E-state index is 12.3. The van der Waals surface area contributed by atoms with Gasteiger partial charge >= 0.3 is 0 Å². The Morgan fingerprint density at radius 1 is 1.00 bits per heavy atom. The van der Waals surface area contributed by atoms with E-state index in [-0.39, 0.29) is 22.2 Å². The molecule has 0 unspecified atom stereocenters. The minimum atomic E-state index is -3.79. The van der Waals surface area contributed by atoms with Crippen molar-refractivity contribution in [2.24, 2.45) is 5.73 Å². The zero-order valence-corrected chi connectivity index (χ0v) is 13.7. The molecule has 8 heteroatoms. The first kappa shape index (κ1) is 16.4. The van der Waals surface area contributed by atoms with Crippen molar-refractivity contribution in [3.8, 4) is 0 Å². The Balaban J connectivity index is 2.38. The van der Waals surface area contributed by atoms with Crippen LogP contribution >= 0.6 is 34.8 Å². The second kappa shape index (κ2) is 6.42. The molecule has 0 amide bonds. The topological polar surface area (TPSA) is 72.2 Å². The largest absolute Gasteiger partial charge is 0.326 e. The fourth-order valence-corrected chi connectivity index (χ4v) is 3.49. The Labute approximate surface area is 137 Å². The number of rotatable bonds is 4. The second-order valence-corrected chi connectivity index (χ2v) is 7.12. The van der Waals surface area contributed by atoms with Gasteiger partial charge in [-0.15, -0.1) is 0 Å². The van der Waals surface area contributed by atoms with E-state index in [0.29, 0.717) is 15.6 Å². The van der Waals surface area contributed by atoms with Gasteiger partial charge in [0.1, 0.15) is 0 Å². The number of sulfonamides is 1. The van der Waals surface area contributed by atoms with Gasteiger partial charge in [-0.1, -0.05) is 34.8 Å². The fourth-order valence-electron chi connectivity index (χ4n) is 1.65. The minimum Gasteiger partial charge on any atom is -0.326 e. The highest BCUT2D eigenvalue weighted by Gasteiger charge is 2.17. The summed E-state index contributed by atoms with van der Waals surface area (Å²) in [5, 5.41) is 1.04. The summed E-state index contributed by atoms with van der Waals surface area (Å²) in [6, 6.07) is 8.79. The molecule has 0 saturated heterocycles. The summed E-state index contributed by atoms with van der Waals surface area (Å²) in [4.78, 5) is 0.0540. The first-order valence-electron chi connectivity index (χ1n) is 5.80. The average Bonchev–Trinajstić information content (AvgIpc) is 2.42. The number of benzene rings is 2. The Morgan fingerprint density at radius 3 is 2.33 bits per heavy atom. The molecule has 2 aromatic rings. The second-order valence-electron chi connectivity index (χ2n) is 4.19. The van der Waals surface area contributed by atoms with Crippen molar-refractivity contribution in [1.29, 1.82) is 0 Å². The standard InChI is InChI=1S/C13H11Cl3N2O2S/c14-9-1-4-13(12(16)6-9)18-21(19,20)10-2-3-11(15)8(5-10)7-17/h1-6,18H,7,17H2. The summed E-state index contributed by atoms with van der Waals surface area (Å²) in [5.74, 6) is 0. The van der Waals surface area contributed by atoms with Gasteiger partial charge in [-0.3, -0.25) is 4.72 Å². The maximum atomic E-state index is 12.3. The third kappa shape index (κ3) is 3.81. The van der Waals surface area contributed by atoms with E-state index in [0.717, 1.165) is 0 Å². The maximum Gasteiger partial charge on any atom is 0.261 e. The van der Waals surface area contributed by atoms with Gasteiger partial charge in [0.25, 0.3) is 10.0 Å². The molecule has 0 aliphatic carbocycles. The summed E-state index contributed by atoms with van der Waals surface area (Å²) >= 11 is 17.6. The van der Waals surface area contributed by atoms with Crippen LogP contribution in [0.1, 0.15) is 5.56 Å². The van der Waals surface area contributed by atoms with Crippen molar-refractivity contribution in [3.05, 3.63) is 57.0 Å². The molecule has 3 N–H and O–H groups in total. The summed E-state index contributed by atoms with van der Waals surface area (Å²) in [7, 11) is -3.79. The van der Waals surface area contributed by atoms with Crippen LogP contribution in [-0.4, -0.2) is 8.42 Å². The Hall–Kier alpha value is -0.980. The third-order valence-corrected chi connectivity index (χ3v) is 5.00. The van der Waals surface area contributed by atoms with Gasteiger partial charge in [-0.25, -0.2) is 8.42 Å². The lowest BCUT2D eigenvalue weighted by Crippen LogP contribution is -2.14. The molecule has 0 spiro atoms. The normalized spacial score (nSPS) is 11.4. The molecule has 2 aromatic carbocycles.